The zero-order valence-corrected chi connectivity index (χ0v) is 18.0. The molecule has 0 bridgehead atoms. The Balaban J connectivity index is 1.63. The number of ketones is 1. The van der Waals surface area contributed by atoms with Crippen LogP contribution >= 0.6 is 27.3 Å². The summed E-state index contributed by atoms with van der Waals surface area (Å²) in [7, 11) is 0. The van der Waals surface area contributed by atoms with Gasteiger partial charge in [0.2, 0.25) is 5.91 Å². The van der Waals surface area contributed by atoms with E-state index in [-0.39, 0.29) is 24.7 Å². The second-order valence-electron chi connectivity index (χ2n) is 6.16. The van der Waals surface area contributed by atoms with E-state index in [0.29, 0.717) is 28.9 Å². The molecule has 0 saturated carbocycles. The summed E-state index contributed by atoms with van der Waals surface area (Å²) in [6, 6.07) is 11.3. The molecule has 7 nitrogen and oxygen atoms in total. The largest absolute Gasteiger partial charge is 0.453 e. The van der Waals surface area contributed by atoms with Gasteiger partial charge in [-0.2, -0.15) is 0 Å². The number of nitrogens with one attached hydrogen (secondary N) is 2. The van der Waals surface area contributed by atoms with Crippen LogP contribution in [-0.2, 0) is 16.0 Å². The van der Waals surface area contributed by atoms with E-state index in [1.807, 2.05) is 41.8 Å². The standard InChI is InChI=1S/C20H19BrN4O3S/c1-13(26)10-22-18(27)8-7-15-12-29-20(24-15)25-19-17(9-14(21)11-23-19)28-16-5-3-2-4-6-16/h2-6,9,11-12H,7-8,10H2,1H3,(H,22,27)(H,23,24,25). The predicted molar refractivity (Wildman–Crippen MR) is 116 cm³/mol. The summed E-state index contributed by atoms with van der Waals surface area (Å²) in [5.74, 6) is 1.56. The van der Waals surface area contributed by atoms with Crippen molar-refractivity contribution in [1.29, 1.82) is 0 Å². The first-order valence-corrected chi connectivity index (χ1v) is 10.5. The van der Waals surface area contributed by atoms with Crippen molar-refractivity contribution in [3.8, 4) is 11.5 Å². The lowest BCUT2D eigenvalue weighted by Gasteiger charge is -2.11. The molecule has 1 amide bonds. The van der Waals surface area contributed by atoms with Crippen LogP contribution in [0, 0.1) is 0 Å². The summed E-state index contributed by atoms with van der Waals surface area (Å²) in [6.07, 6.45) is 2.44. The minimum absolute atomic E-state index is 0.0577. The number of nitrogens with zero attached hydrogens (tertiary/aromatic N) is 2. The summed E-state index contributed by atoms with van der Waals surface area (Å²) in [5, 5.41) is 8.28. The Morgan fingerprint density at radius 2 is 2.03 bits per heavy atom. The van der Waals surface area contributed by atoms with Gasteiger partial charge in [-0.05, 0) is 41.4 Å². The third kappa shape index (κ3) is 6.65. The van der Waals surface area contributed by atoms with E-state index in [2.05, 4.69) is 36.5 Å². The molecule has 0 saturated heterocycles. The van der Waals surface area contributed by atoms with Crippen LogP contribution in [0.5, 0.6) is 11.5 Å². The number of anilines is 2. The van der Waals surface area contributed by atoms with Gasteiger partial charge in [0.25, 0.3) is 0 Å². The minimum atomic E-state index is -0.171. The Kier molecular flexibility index (Phi) is 7.31. The average molecular weight is 475 g/mol. The molecule has 150 valence electrons. The Bertz CT molecular complexity index is 994. The summed E-state index contributed by atoms with van der Waals surface area (Å²) < 4.78 is 6.73. The fourth-order valence-corrected chi connectivity index (χ4v) is 3.40. The first kappa shape index (κ1) is 20.9. The molecular formula is C20H19BrN4O3S. The van der Waals surface area contributed by atoms with Crippen molar-refractivity contribution in [2.75, 3.05) is 11.9 Å². The van der Waals surface area contributed by atoms with Crippen molar-refractivity contribution in [2.24, 2.45) is 0 Å². The van der Waals surface area contributed by atoms with E-state index in [1.165, 1.54) is 18.3 Å². The molecule has 0 aliphatic rings. The van der Waals surface area contributed by atoms with Crippen molar-refractivity contribution >= 4 is 49.9 Å². The Morgan fingerprint density at radius 3 is 2.79 bits per heavy atom. The van der Waals surface area contributed by atoms with Gasteiger partial charge in [-0.3, -0.25) is 9.59 Å². The molecule has 3 aromatic rings. The van der Waals surface area contributed by atoms with Crippen LogP contribution < -0.4 is 15.4 Å². The van der Waals surface area contributed by atoms with Crippen LogP contribution in [0.15, 0.2) is 52.4 Å². The molecule has 0 radical (unpaired) electrons. The highest BCUT2D eigenvalue weighted by atomic mass is 79.9. The molecule has 2 aromatic heterocycles. The SMILES string of the molecule is CC(=O)CNC(=O)CCc1csc(Nc2ncc(Br)cc2Oc2ccccc2)n1. The molecule has 29 heavy (non-hydrogen) atoms. The van der Waals surface area contributed by atoms with E-state index in [1.54, 1.807) is 6.20 Å². The zero-order valence-electron chi connectivity index (χ0n) is 15.6. The van der Waals surface area contributed by atoms with Crippen molar-refractivity contribution in [3.05, 3.63) is 58.1 Å². The number of carbonyl (C=O) groups is 2. The number of amides is 1. The highest BCUT2D eigenvalue weighted by Gasteiger charge is 2.11. The molecule has 0 unspecified atom stereocenters. The fraction of sp³-hybridized carbons (Fsp3) is 0.200. The highest BCUT2D eigenvalue weighted by molar-refractivity contribution is 9.10. The predicted octanol–water partition coefficient (Wildman–Crippen LogP) is 4.47. The fourth-order valence-electron chi connectivity index (χ4n) is 2.34. The average Bonchev–Trinajstić information content (AvgIpc) is 3.15. The maximum Gasteiger partial charge on any atom is 0.220 e. The highest BCUT2D eigenvalue weighted by Crippen LogP contribution is 2.33. The van der Waals surface area contributed by atoms with E-state index < -0.39 is 0 Å². The number of thiazole rings is 1. The number of rotatable bonds is 9. The van der Waals surface area contributed by atoms with Crippen LogP contribution in [0.3, 0.4) is 0 Å². The van der Waals surface area contributed by atoms with Gasteiger partial charge in [0.1, 0.15) is 11.5 Å². The van der Waals surface area contributed by atoms with Crippen LogP contribution in [-0.4, -0.2) is 28.2 Å². The third-order valence-electron chi connectivity index (χ3n) is 3.71. The van der Waals surface area contributed by atoms with E-state index >= 15 is 0 Å². The van der Waals surface area contributed by atoms with Gasteiger partial charge in [0.15, 0.2) is 16.7 Å². The van der Waals surface area contributed by atoms with Gasteiger partial charge in [0.05, 0.1) is 12.2 Å². The lowest BCUT2D eigenvalue weighted by atomic mass is 10.2. The Morgan fingerprint density at radius 1 is 1.24 bits per heavy atom. The van der Waals surface area contributed by atoms with E-state index in [9.17, 15) is 9.59 Å². The third-order valence-corrected chi connectivity index (χ3v) is 4.95. The number of hydrogen-bond acceptors (Lipinski definition) is 7. The molecule has 0 aliphatic carbocycles. The quantitative estimate of drug-likeness (QED) is 0.474. The van der Waals surface area contributed by atoms with Crippen LogP contribution in [0.1, 0.15) is 19.0 Å². The van der Waals surface area contributed by atoms with Gasteiger partial charge in [-0.25, -0.2) is 9.97 Å². The number of Topliss-reactive ketones (excluding diaryl/α,β-unsaturated/α-hetero) is 1. The van der Waals surface area contributed by atoms with Gasteiger partial charge in [-0.1, -0.05) is 18.2 Å². The van der Waals surface area contributed by atoms with Crippen LogP contribution in [0.4, 0.5) is 10.9 Å². The minimum Gasteiger partial charge on any atom is -0.453 e. The maximum absolute atomic E-state index is 11.7. The Labute approximate surface area is 180 Å². The van der Waals surface area contributed by atoms with Gasteiger partial charge < -0.3 is 15.4 Å². The molecule has 0 aliphatic heterocycles. The maximum atomic E-state index is 11.7. The number of ether oxygens (including phenoxy) is 1. The molecule has 2 N–H and O–H groups in total. The summed E-state index contributed by atoms with van der Waals surface area (Å²) in [6.45, 7) is 1.49. The first-order chi connectivity index (χ1) is 14.0. The summed E-state index contributed by atoms with van der Waals surface area (Å²) in [5.41, 5.74) is 0.790. The summed E-state index contributed by atoms with van der Waals surface area (Å²) >= 11 is 4.83. The molecule has 9 heteroatoms. The van der Waals surface area contributed by atoms with Crippen LogP contribution in [0.2, 0.25) is 0 Å². The molecule has 2 heterocycles. The monoisotopic (exact) mass is 474 g/mol. The van der Waals surface area contributed by atoms with Crippen molar-refractivity contribution < 1.29 is 14.3 Å². The van der Waals surface area contributed by atoms with Gasteiger partial charge in [-0.15, -0.1) is 11.3 Å². The first-order valence-electron chi connectivity index (χ1n) is 8.85. The topological polar surface area (TPSA) is 93.2 Å². The molecule has 1 aromatic carbocycles. The second-order valence-corrected chi connectivity index (χ2v) is 7.94. The Hall–Kier alpha value is -2.78. The van der Waals surface area contributed by atoms with E-state index in [4.69, 9.17) is 4.74 Å². The summed E-state index contributed by atoms with van der Waals surface area (Å²) in [4.78, 5) is 31.5. The number of hydrogen-bond donors (Lipinski definition) is 2. The molecule has 0 fully saturated rings. The van der Waals surface area contributed by atoms with Crippen molar-refractivity contribution in [1.82, 2.24) is 15.3 Å². The number of aryl methyl sites for hydroxylation is 1. The molecule has 3 rings (SSSR count). The van der Waals surface area contributed by atoms with E-state index in [0.717, 1.165) is 10.2 Å². The number of halogens is 1. The smallest absolute Gasteiger partial charge is 0.220 e. The van der Waals surface area contributed by atoms with Crippen molar-refractivity contribution in [3.63, 3.8) is 0 Å². The normalized spacial score (nSPS) is 10.4. The lowest BCUT2D eigenvalue weighted by Crippen LogP contribution is -2.28. The molecule has 0 atom stereocenters. The number of aromatic nitrogens is 2. The number of pyridine rings is 1. The molecule has 0 spiro atoms. The second kappa shape index (κ2) is 10.1. The number of carbonyl (C=O) groups excluding carboxylic acids is 2. The zero-order chi connectivity index (χ0) is 20.6. The lowest BCUT2D eigenvalue weighted by molar-refractivity contribution is -0.124. The number of para-hydroxylation sites is 1. The van der Waals surface area contributed by atoms with Crippen molar-refractivity contribution in [2.45, 2.75) is 19.8 Å². The van der Waals surface area contributed by atoms with Gasteiger partial charge in [0, 0.05) is 28.5 Å². The molecular weight excluding hydrogens is 456 g/mol. The number of benzene rings is 1. The van der Waals surface area contributed by atoms with Crippen LogP contribution in [0.25, 0.3) is 0 Å². The van der Waals surface area contributed by atoms with Gasteiger partial charge >= 0.3 is 0 Å².